The van der Waals surface area contributed by atoms with E-state index in [9.17, 15) is 0 Å². The fraction of sp³-hybridized carbons (Fsp3) is 0.579. The topological polar surface area (TPSA) is 8.17 Å². The van der Waals surface area contributed by atoms with Crippen molar-refractivity contribution in [2.75, 3.05) is 13.1 Å². The van der Waals surface area contributed by atoms with Gasteiger partial charge in [-0.05, 0) is 55.7 Å². The highest BCUT2D eigenvalue weighted by molar-refractivity contribution is 5.86. The molecule has 1 fully saturated rings. The van der Waals surface area contributed by atoms with Crippen molar-refractivity contribution in [2.45, 2.75) is 51.6 Å². The molecule has 2 aromatic rings. The van der Waals surface area contributed by atoms with Crippen molar-refractivity contribution >= 4 is 10.9 Å². The average Bonchev–Trinajstić information content (AvgIpc) is 2.88. The Kier molecular flexibility index (Phi) is 2.42. The fourth-order valence-corrected chi connectivity index (χ4v) is 5.60. The third kappa shape index (κ3) is 1.42. The van der Waals surface area contributed by atoms with Crippen LogP contribution >= 0.6 is 0 Å². The molecule has 4 heterocycles. The molecule has 1 saturated heterocycles. The number of benzene rings is 1. The molecule has 0 unspecified atom stereocenters. The standard InChI is InChI=1S/C19H24N2/c1-2-19-9-5-11-20-12-8-15-14-6-3-4-7-16(14)21(13-10-19)17(15)18(19)20/h3-4,6-7,18H,2,5,8-13H2,1H3/t18-,19-/m0/s1. The zero-order valence-corrected chi connectivity index (χ0v) is 12.9. The summed E-state index contributed by atoms with van der Waals surface area (Å²) >= 11 is 0. The summed E-state index contributed by atoms with van der Waals surface area (Å²) in [6.07, 6.45) is 6.80. The molecule has 1 aromatic carbocycles. The molecule has 0 aliphatic carbocycles. The van der Waals surface area contributed by atoms with Gasteiger partial charge in [-0.25, -0.2) is 0 Å². The lowest BCUT2D eigenvalue weighted by Crippen LogP contribution is -2.52. The van der Waals surface area contributed by atoms with Crippen LogP contribution in [0.15, 0.2) is 24.3 Å². The van der Waals surface area contributed by atoms with Gasteiger partial charge in [0.25, 0.3) is 0 Å². The van der Waals surface area contributed by atoms with Gasteiger partial charge in [-0.3, -0.25) is 4.90 Å². The van der Waals surface area contributed by atoms with E-state index in [-0.39, 0.29) is 0 Å². The van der Waals surface area contributed by atoms with Crippen molar-refractivity contribution in [3.05, 3.63) is 35.5 Å². The lowest BCUT2D eigenvalue weighted by Gasteiger charge is -2.55. The van der Waals surface area contributed by atoms with Crippen LogP contribution < -0.4 is 0 Å². The first-order valence-electron chi connectivity index (χ1n) is 8.68. The summed E-state index contributed by atoms with van der Waals surface area (Å²) in [6.45, 7) is 6.24. The third-order valence-electron chi connectivity index (χ3n) is 6.63. The van der Waals surface area contributed by atoms with Crippen LogP contribution in [0, 0.1) is 5.41 Å². The zero-order chi connectivity index (χ0) is 14.0. The van der Waals surface area contributed by atoms with Crippen LogP contribution in [0.4, 0.5) is 0 Å². The molecule has 0 amide bonds. The molecule has 3 aliphatic rings. The quantitative estimate of drug-likeness (QED) is 0.762. The number of aromatic nitrogens is 1. The summed E-state index contributed by atoms with van der Waals surface area (Å²) in [5.41, 5.74) is 5.40. The molecule has 0 saturated carbocycles. The second-order valence-electron chi connectivity index (χ2n) is 7.29. The molecule has 1 aromatic heterocycles. The SMILES string of the molecule is CC[C@]12CCCN3CCc4c(n(c5ccccc45)CC1)[C@H]32. The minimum absolute atomic E-state index is 0.553. The lowest BCUT2D eigenvalue weighted by atomic mass is 9.64. The summed E-state index contributed by atoms with van der Waals surface area (Å²) in [5.74, 6) is 0. The number of hydrogen-bond acceptors (Lipinski definition) is 1. The highest BCUT2D eigenvalue weighted by Gasteiger charge is 2.50. The van der Waals surface area contributed by atoms with Gasteiger partial charge in [0.15, 0.2) is 0 Å². The van der Waals surface area contributed by atoms with E-state index in [1.165, 1.54) is 62.6 Å². The van der Waals surface area contributed by atoms with Gasteiger partial charge in [0.2, 0.25) is 0 Å². The smallest absolute Gasteiger partial charge is 0.0560 e. The number of para-hydroxylation sites is 1. The van der Waals surface area contributed by atoms with Gasteiger partial charge in [-0.1, -0.05) is 25.1 Å². The highest BCUT2D eigenvalue weighted by Crippen LogP contribution is 2.56. The van der Waals surface area contributed by atoms with E-state index in [1.807, 2.05) is 0 Å². The van der Waals surface area contributed by atoms with Crippen molar-refractivity contribution < 1.29 is 0 Å². The summed E-state index contributed by atoms with van der Waals surface area (Å²) in [4.78, 5) is 2.81. The van der Waals surface area contributed by atoms with Crippen molar-refractivity contribution in [1.82, 2.24) is 9.47 Å². The van der Waals surface area contributed by atoms with Crippen molar-refractivity contribution in [3.8, 4) is 0 Å². The van der Waals surface area contributed by atoms with Crippen LogP contribution in [-0.2, 0) is 13.0 Å². The van der Waals surface area contributed by atoms with Crippen molar-refractivity contribution in [1.29, 1.82) is 0 Å². The van der Waals surface area contributed by atoms with Crippen LogP contribution in [0.25, 0.3) is 10.9 Å². The Bertz CT molecular complexity index is 681. The van der Waals surface area contributed by atoms with Gasteiger partial charge in [0.1, 0.15) is 0 Å². The van der Waals surface area contributed by atoms with E-state index in [0.29, 0.717) is 11.5 Å². The normalized spacial score (nSPS) is 31.4. The third-order valence-corrected chi connectivity index (χ3v) is 6.63. The van der Waals surface area contributed by atoms with Gasteiger partial charge >= 0.3 is 0 Å². The van der Waals surface area contributed by atoms with Gasteiger partial charge in [-0.15, -0.1) is 0 Å². The van der Waals surface area contributed by atoms with Crippen LogP contribution in [-0.4, -0.2) is 22.6 Å². The van der Waals surface area contributed by atoms with Crippen molar-refractivity contribution in [2.24, 2.45) is 5.41 Å². The van der Waals surface area contributed by atoms with E-state index in [0.717, 1.165) is 0 Å². The molecule has 0 N–H and O–H groups in total. The van der Waals surface area contributed by atoms with E-state index < -0.39 is 0 Å². The molecule has 3 aliphatic heterocycles. The number of piperidine rings is 1. The van der Waals surface area contributed by atoms with Crippen LogP contribution in [0.2, 0.25) is 0 Å². The van der Waals surface area contributed by atoms with Gasteiger partial charge in [0, 0.05) is 29.7 Å². The monoisotopic (exact) mass is 280 g/mol. The van der Waals surface area contributed by atoms with E-state index in [1.54, 1.807) is 11.3 Å². The summed E-state index contributed by atoms with van der Waals surface area (Å²) in [6, 6.07) is 9.80. The highest BCUT2D eigenvalue weighted by atomic mass is 15.2. The first kappa shape index (κ1) is 12.3. The number of fused-ring (bicyclic) bond motifs is 3. The molecule has 2 heteroatoms. The van der Waals surface area contributed by atoms with Crippen molar-refractivity contribution in [3.63, 3.8) is 0 Å². The molecular formula is C19H24N2. The van der Waals surface area contributed by atoms with E-state index in [2.05, 4.69) is 40.7 Å². The average molecular weight is 280 g/mol. The Morgan fingerprint density at radius 3 is 2.95 bits per heavy atom. The minimum atomic E-state index is 0.553. The largest absolute Gasteiger partial charge is 0.343 e. The Morgan fingerprint density at radius 1 is 1.14 bits per heavy atom. The molecule has 2 atom stereocenters. The molecule has 0 spiro atoms. The predicted molar refractivity (Wildman–Crippen MR) is 86.5 cm³/mol. The molecule has 5 rings (SSSR count). The number of nitrogens with zero attached hydrogens (tertiary/aromatic N) is 2. The lowest BCUT2D eigenvalue weighted by molar-refractivity contribution is -0.0253. The summed E-state index contributed by atoms with van der Waals surface area (Å²) in [7, 11) is 0. The fourth-order valence-electron chi connectivity index (χ4n) is 5.60. The Labute approximate surface area is 126 Å². The second-order valence-corrected chi connectivity index (χ2v) is 7.29. The van der Waals surface area contributed by atoms with E-state index in [4.69, 9.17) is 0 Å². The number of aryl methyl sites for hydroxylation is 1. The molecular weight excluding hydrogens is 256 g/mol. The first-order valence-corrected chi connectivity index (χ1v) is 8.68. The number of hydrogen-bond donors (Lipinski definition) is 0. The Morgan fingerprint density at radius 2 is 2.05 bits per heavy atom. The molecule has 0 radical (unpaired) electrons. The Balaban J connectivity index is 1.83. The van der Waals surface area contributed by atoms with Crippen LogP contribution in [0.3, 0.4) is 0 Å². The zero-order valence-electron chi connectivity index (χ0n) is 12.9. The maximum atomic E-state index is 2.81. The van der Waals surface area contributed by atoms with Gasteiger partial charge < -0.3 is 4.57 Å². The molecule has 21 heavy (non-hydrogen) atoms. The van der Waals surface area contributed by atoms with Crippen LogP contribution in [0.5, 0.6) is 0 Å². The Hall–Kier alpha value is -1.28. The molecule has 0 bridgehead atoms. The minimum Gasteiger partial charge on any atom is -0.343 e. The molecule has 110 valence electrons. The summed E-state index contributed by atoms with van der Waals surface area (Å²) < 4.78 is 2.67. The number of rotatable bonds is 1. The second kappa shape index (κ2) is 4.13. The maximum absolute atomic E-state index is 2.81. The molecule has 2 nitrogen and oxygen atoms in total. The van der Waals surface area contributed by atoms with Gasteiger partial charge in [0.05, 0.1) is 6.04 Å². The maximum Gasteiger partial charge on any atom is 0.0560 e. The summed E-state index contributed by atoms with van der Waals surface area (Å²) in [5, 5.41) is 1.53. The first-order chi connectivity index (χ1) is 10.3. The van der Waals surface area contributed by atoms with E-state index >= 15 is 0 Å². The van der Waals surface area contributed by atoms with Gasteiger partial charge in [-0.2, -0.15) is 0 Å². The van der Waals surface area contributed by atoms with Crippen LogP contribution in [0.1, 0.15) is 49.9 Å². The predicted octanol–water partition coefficient (Wildman–Crippen LogP) is 4.13.